The van der Waals surface area contributed by atoms with Gasteiger partial charge >= 0.3 is 18.2 Å². The number of hydrogen-bond donors (Lipinski definition) is 3. The van der Waals surface area contributed by atoms with E-state index in [1.54, 1.807) is 48.8 Å². The Balaban J connectivity index is 1.82. The Kier molecular flexibility index (Phi) is 17.5. The van der Waals surface area contributed by atoms with E-state index < -0.39 is 65.5 Å². The molecule has 16 nitrogen and oxygen atoms in total. The lowest BCUT2D eigenvalue weighted by Crippen LogP contribution is -2.47. The average Bonchev–Trinajstić information content (AvgIpc) is 3.81. The van der Waals surface area contributed by atoms with Crippen molar-refractivity contribution in [2.75, 3.05) is 47.5 Å². The molecule has 0 spiro atoms. The van der Waals surface area contributed by atoms with Gasteiger partial charge in [0.1, 0.15) is 17.9 Å². The molecule has 1 saturated heterocycles. The Morgan fingerprint density at radius 2 is 1.64 bits per heavy atom. The van der Waals surface area contributed by atoms with E-state index >= 15 is 0 Å². The lowest BCUT2D eigenvalue weighted by atomic mass is 9.80. The minimum atomic E-state index is -1.24. The van der Waals surface area contributed by atoms with Crippen LogP contribution in [0.2, 0.25) is 0 Å². The summed E-state index contributed by atoms with van der Waals surface area (Å²) in [4.78, 5) is 66.2. The van der Waals surface area contributed by atoms with Gasteiger partial charge in [0, 0.05) is 32.6 Å². The van der Waals surface area contributed by atoms with Crippen LogP contribution in [0, 0.1) is 29.1 Å². The van der Waals surface area contributed by atoms with Gasteiger partial charge in [-0.3, -0.25) is 14.5 Å². The number of rotatable bonds is 22. The van der Waals surface area contributed by atoms with Crippen molar-refractivity contribution in [3.8, 4) is 11.5 Å². The van der Waals surface area contributed by atoms with Gasteiger partial charge in [-0.25, -0.2) is 14.4 Å². The molecule has 1 aromatic rings. The van der Waals surface area contributed by atoms with Gasteiger partial charge in [-0.1, -0.05) is 33.8 Å². The summed E-state index contributed by atoms with van der Waals surface area (Å²) in [5.41, 5.74) is 3.64. The molecule has 1 saturated carbocycles. The van der Waals surface area contributed by atoms with Crippen molar-refractivity contribution in [1.82, 2.24) is 15.5 Å². The summed E-state index contributed by atoms with van der Waals surface area (Å²) in [6, 6.07) is 5.33. The quantitative estimate of drug-likeness (QED) is 0.0773. The maximum absolute atomic E-state index is 13.8. The Morgan fingerprint density at radius 3 is 2.21 bits per heavy atom. The zero-order valence-corrected chi connectivity index (χ0v) is 36.4. The first-order valence-electron chi connectivity index (χ1n) is 20.2. The molecule has 1 heterocycles. The molecule has 58 heavy (non-hydrogen) atoms. The fourth-order valence-corrected chi connectivity index (χ4v) is 6.64. The second-order valence-corrected chi connectivity index (χ2v) is 17.7. The summed E-state index contributed by atoms with van der Waals surface area (Å²) >= 11 is 0. The van der Waals surface area contributed by atoms with Crippen molar-refractivity contribution in [2.24, 2.45) is 34.8 Å². The van der Waals surface area contributed by atoms with Crippen LogP contribution in [0.5, 0.6) is 11.5 Å². The Morgan fingerprint density at radius 1 is 0.948 bits per heavy atom. The number of esters is 1. The number of hydrogen-bond acceptors (Lipinski definition) is 12. The van der Waals surface area contributed by atoms with Gasteiger partial charge in [-0.15, -0.1) is 0 Å². The van der Waals surface area contributed by atoms with Crippen molar-refractivity contribution < 1.29 is 57.1 Å². The van der Waals surface area contributed by atoms with Crippen LogP contribution in [-0.2, 0) is 44.5 Å². The highest BCUT2D eigenvalue weighted by Gasteiger charge is 2.54. The first kappa shape index (κ1) is 48.1. The van der Waals surface area contributed by atoms with Gasteiger partial charge < -0.3 is 49.5 Å². The minimum absolute atomic E-state index is 0.0356. The zero-order valence-electron chi connectivity index (χ0n) is 36.4. The number of carbonyl (C=O) groups is 5. The average molecular weight is 821 g/mol. The van der Waals surface area contributed by atoms with Gasteiger partial charge in [0.2, 0.25) is 18.6 Å². The summed E-state index contributed by atoms with van der Waals surface area (Å²) in [6.45, 7) is 16.9. The highest BCUT2D eigenvalue weighted by atomic mass is 16.7. The monoisotopic (exact) mass is 820 g/mol. The van der Waals surface area contributed by atoms with Gasteiger partial charge in [0.25, 0.3) is 0 Å². The topological polar surface area (TPSA) is 203 Å². The molecule has 1 aliphatic heterocycles. The molecular weight excluding hydrogens is 752 g/mol. The highest BCUT2D eigenvalue weighted by molar-refractivity contribution is 5.89. The van der Waals surface area contributed by atoms with Crippen molar-refractivity contribution >= 4 is 30.0 Å². The maximum Gasteiger partial charge on any atom is 0.414 e. The van der Waals surface area contributed by atoms with E-state index in [1.807, 2.05) is 32.0 Å². The minimum Gasteiger partial charge on any atom is -0.493 e. The smallest absolute Gasteiger partial charge is 0.414 e. The van der Waals surface area contributed by atoms with E-state index in [-0.39, 0.29) is 43.4 Å². The molecular formula is C42H68N4O12. The van der Waals surface area contributed by atoms with E-state index in [1.165, 1.54) is 4.90 Å². The number of primary amides is 1. The molecule has 4 atom stereocenters. The lowest BCUT2D eigenvalue weighted by Gasteiger charge is -2.33. The fraction of sp³-hybridized carbons (Fsp3) is 0.738. The second kappa shape index (κ2) is 21.1. The first-order valence-corrected chi connectivity index (χ1v) is 20.2. The van der Waals surface area contributed by atoms with Gasteiger partial charge in [-0.2, -0.15) is 0 Å². The van der Waals surface area contributed by atoms with Crippen LogP contribution in [0.15, 0.2) is 18.2 Å². The molecule has 2 aliphatic rings. The SMILES string of the molecule is COCCCOc1cc(CC(CC2C(CC(C(=O)NCC(C)(C)C(N)=O)C(C)C)OCN2C(=O)OCOC(=O)C2(NC(=O)OC(C)(C)C)CC2)C(C)C)ccc1OC. The molecule has 0 bridgehead atoms. The number of methoxy groups -OCH3 is 2. The summed E-state index contributed by atoms with van der Waals surface area (Å²) in [5, 5.41) is 5.49. The van der Waals surface area contributed by atoms with Crippen LogP contribution < -0.4 is 25.8 Å². The molecule has 4 N–H and O–H groups in total. The van der Waals surface area contributed by atoms with E-state index in [4.69, 9.17) is 38.9 Å². The normalized spacial score (nSPS) is 18.6. The predicted molar refractivity (Wildman–Crippen MR) is 215 cm³/mol. The predicted octanol–water partition coefficient (Wildman–Crippen LogP) is 5.33. The number of carbonyl (C=O) groups excluding carboxylic acids is 5. The van der Waals surface area contributed by atoms with Crippen LogP contribution >= 0.6 is 0 Å². The Bertz CT molecular complexity index is 1550. The van der Waals surface area contributed by atoms with Crippen molar-refractivity contribution in [3.05, 3.63) is 23.8 Å². The van der Waals surface area contributed by atoms with Crippen LogP contribution in [0.4, 0.5) is 9.59 Å². The third-order valence-electron chi connectivity index (χ3n) is 10.7. The second-order valence-electron chi connectivity index (χ2n) is 17.7. The number of alkyl carbamates (subject to hydrolysis) is 1. The third kappa shape index (κ3) is 14.2. The summed E-state index contributed by atoms with van der Waals surface area (Å²) in [7, 11) is 3.24. The van der Waals surface area contributed by atoms with Crippen LogP contribution in [0.3, 0.4) is 0 Å². The number of amides is 4. The zero-order chi connectivity index (χ0) is 43.4. The number of benzene rings is 1. The highest BCUT2D eigenvalue weighted by Crippen LogP contribution is 2.38. The molecule has 4 unspecified atom stereocenters. The largest absolute Gasteiger partial charge is 0.493 e. The summed E-state index contributed by atoms with van der Waals surface area (Å²) in [5.74, 6) is -0.679. The van der Waals surface area contributed by atoms with E-state index in [0.717, 1.165) is 12.0 Å². The number of nitrogens with two attached hydrogens (primary N) is 1. The van der Waals surface area contributed by atoms with Gasteiger partial charge in [0.15, 0.2) is 11.5 Å². The number of ether oxygens (including phenoxy) is 7. The third-order valence-corrected chi connectivity index (χ3v) is 10.7. The molecule has 0 aromatic heterocycles. The lowest BCUT2D eigenvalue weighted by molar-refractivity contribution is -0.156. The van der Waals surface area contributed by atoms with Gasteiger partial charge in [0.05, 0.1) is 31.3 Å². The molecule has 2 fully saturated rings. The van der Waals surface area contributed by atoms with Gasteiger partial charge in [-0.05, 0) is 102 Å². The maximum atomic E-state index is 13.8. The molecule has 16 heteroatoms. The number of nitrogens with zero attached hydrogens (tertiary/aromatic N) is 1. The van der Waals surface area contributed by atoms with E-state index in [9.17, 15) is 24.0 Å². The molecule has 1 aromatic carbocycles. The summed E-state index contributed by atoms with van der Waals surface area (Å²) in [6.07, 6.45) is 0.816. The summed E-state index contributed by atoms with van der Waals surface area (Å²) < 4.78 is 39.2. The van der Waals surface area contributed by atoms with Crippen LogP contribution in [0.1, 0.15) is 100.0 Å². The first-order chi connectivity index (χ1) is 27.1. The molecule has 0 radical (unpaired) electrons. The number of nitrogens with one attached hydrogen (secondary N) is 2. The van der Waals surface area contributed by atoms with Crippen LogP contribution in [-0.4, -0.2) is 106 Å². The fourth-order valence-electron chi connectivity index (χ4n) is 6.64. The van der Waals surface area contributed by atoms with Crippen LogP contribution in [0.25, 0.3) is 0 Å². The molecule has 3 rings (SSSR count). The van der Waals surface area contributed by atoms with Crippen molar-refractivity contribution in [2.45, 2.75) is 124 Å². The van der Waals surface area contributed by atoms with E-state index in [0.29, 0.717) is 50.4 Å². The van der Waals surface area contributed by atoms with E-state index in [2.05, 4.69) is 24.5 Å². The van der Waals surface area contributed by atoms with Crippen molar-refractivity contribution in [3.63, 3.8) is 0 Å². The molecule has 328 valence electrons. The molecule has 1 aliphatic carbocycles. The standard InChI is InChI=1S/C42H68N4O12/c1-26(2)29(19-28-13-14-32(53-11)34(20-28)54-18-12-17-52-10)21-31-33(22-30(27(3)4)35(47)44-23-41(8,9)36(43)48)55-24-46(31)39(51)57-25-56-37(49)42(15-16-42)45-38(50)58-40(5,6)7/h13-14,20,26-27,29-31,33H,12,15-19,21-25H2,1-11H3,(H2,43,48)(H,44,47)(H,45,50). The van der Waals surface area contributed by atoms with Crippen molar-refractivity contribution in [1.29, 1.82) is 0 Å². The Hall–Kier alpha value is -4.31. The molecule has 4 amide bonds. The Labute approximate surface area is 343 Å².